The van der Waals surface area contributed by atoms with Gasteiger partial charge in [-0.2, -0.15) is 0 Å². The fraction of sp³-hybridized carbons (Fsp3) is 0.440. The Bertz CT molecular complexity index is 1060. The topological polar surface area (TPSA) is 86.8 Å². The highest BCUT2D eigenvalue weighted by Crippen LogP contribution is 2.21. The van der Waals surface area contributed by atoms with Gasteiger partial charge in [0.15, 0.2) is 0 Å². The maximum absolute atomic E-state index is 13.2. The van der Waals surface area contributed by atoms with Crippen molar-refractivity contribution >= 4 is 39.1 Å². The SMILES string of the molecule is CC(C)CNC(=O)[C@H](C)N(Cc1ccccc1Cl)C(=O)CCCN(c1ccccc1)S(C)(=O)=O. The van der Waals surface area contributed by atoms with Crippen LogP contribution < -0.4 is 9.62 Å². The third-order valence-electron chi connectivity index (χ3n) is 5.35. The molecule has 2 rings (SSSR count). The van der Waals surface area contributed by atoms with E-state index < -0.39 is 16.1 Å². The highest BCUT2D eigenvalue weighted by molar-refractivity contribution is 7.92. The van der Waals surface area contributed by atoms with E-state index in [1.54, 1.807) is 43.3 Å². The summed E-state index contributed by atoms with van der Waals surface area (Å²) in [6.45, 7) is 6.54. The van der Waals surface area contributed by atoms with E-state index in [1.807, 2.05) is 32.0 Å². The molecule has 2 aromatic carbocycles. The van der Waals surface area contributed by atoms with Crippen LogP contribution in [0.3, 0.4) is 0 Å². The molecule has 0 aromatic heterocycles. The summed E-state index contributed by atoms with van der Waals surface area (Å²) >= 11 is 6.31. The normalized spacial score (nSPS) is 12.3. The number of nitrogens with zero attached hydrogens (tertiary/aromatic N) is 2. The Morgan fingerprint density at radius 2 is 1.62 bits per heavy atom. The predicted molar refractivity (Wildman–Crippen MR) is 137 cm³/mol. The van der Waals surface area contributed by atoms with Gasteiger partial charge in [0.1, 0.15) is 6.04 Å². The van der Waals surface area contributed by atoms with E-state index >= 15 is 0 Å². The fourth-order valence-corrected chi connectivity index (χ4v) is 4.60. The first kappa shape index (κ1) is 27.7. The lowest BCUT2D eigenvalue weighted by Gasteiger charge is -2.30. The number of sulfonamides is 1. The molecule has 1 N–H and O–H groups in total. The molecule has 0 saturated heterocycles. The number of anilines is 1. The molecular weight excluding hydrogens is 474 g/mol. The van der Waals surface area contributed by atoms with E-state index in [4.69, 9.17) is 11.6 Å². The molecule has 0 heterocycles. The summed E-state index contributed by atoms with van der Waals surface area (Å²) in [6.07, 6.45) is 1.54. The number of halogens is 1. The Labute approximate surface area is 208 Å². The minimum absolute atomic E-state index is 0.0884. The molecule has 0 aliphatic rings. The van der Waals surface area contributed by atoms with E-state index in [0.717, 1.165) is 11.8 Å². The van der Waals surface area contributed by atoms with Crippen LogP contribution in [0.25, 0.3) is 0 Å². The van der Waals surface area contributed by atoms with Gasteiger partial charge in [-0.3, -0.25) is 13.9 Å². The molecule has 0 radical (unpaired) electrons. The van der Waals surface area contributed by atoms with Crippen LogP contribution in [0.5, 0.6) is 0 Å². The van der Waals surface area contributed by atoms with Crippen LogP contribution in [0.15, 0.2) is 54.6 Å². The lowest BCUT2D eigenvalue weighted by Crippen LogP contribution is -2.48. The van der Waals surface area contributed by atoms with Gasteiger partial charge < -0.3 is 10.2 Å². The molecule has 0 aliphatic carbocycles. The molecule has 0 unspecified atom stereocenters. The van der Waals surface area contributed by atoms with E-state index in [2.05, 4.69) is 5.32 Å². The Morgan fingerprint density at radius 3 is 2.21 bits per heavy atom. The molecule has 0 saturated carbocycles. The minimum Gasteiger partial charge on any atom is -0.354 e. The molecule has 1 atom stereocenters. The average molecular weight is 508 g/mol. The second kappa shape index (κ2) is 12.8. The third-order valence-corrected chi connectivity index (χ3v) is 6.91. The zero-order chi connectivity index (χ0) is 25.3. The third kappa shape index (κ3) is 8.33. The fourth-order valence-electron chi connectivity index (χ4n) is 3.44. The summed E-state index contributed by atoms with van der Waals surface area (Å²) in [7, 11) is -3.51. The van der Waals surface area contributed by atoms with Crippen molar-refractivity contribution < 1.29 is 18.0 Å². The summed E-state index contributed by atoms with van der Waals surface area (Å²) in [6, 6.07) is 15.3. The molecule has 186 valence electrons. The van der Waals surface area contributed by atoms with Crippen LogP contribution in [0, 0.1) is 5.92 Å². The molecule has 2 amide bonds. The van der Waals surface area contributed by atoms with Crippen molar-refractivity contribution in [3.05, 3.63) is 65.2 Å². The Hall–Kier alpha value is -2.58. The van der Waals surface area contributed by atoms with E-state index in [9.17, 15) is 18.0 Å². The quantitative estimate of drug-likeness (QED) is 0.469. The van der Waals surface area contributed by atoms with Crippen molar-refractivity contribution in [2.75, 3.05) is 23.7 Å². The first-order valence-electron chi connectivity index (χ1n) is 11.3. The second-order valence-electron chi connectivity index (χ2n) is 8.70. The number of hydrogen-bond donors (Lipinski definition) is 1. The number of para-hydroxylation sites is 1. The van der Waals surface area contributed by atoms with E-state index in [-0.39, 0.29) is 37.2 Å². The zero-order valence-corrected chi connectivity index (χ0v) is 21.8. The summed E-state index contributed by atoms with van der Waals surface area (Å²) < 4.78 is 25.9. The number of benzene rings is 2. The van der Waals surface area contributed by atoms with Gasteiger partial charge in [-0.15, -0.1) is 0 Å². The largest absolute Gasteiger partial charge is 0.354 e. The van der Waals surface area contributed by atoms with Gasteiger partial charge in [0.05, 0.1) is 11.9 Å². The van der Waals surface area contributed by atoms with Gasteiger partial charge in [-0.05, 0) is 43.0 Å². The monoisotopic (exact) mass is 507 g/mol. The van der Waals surface area contributed by atoms with Crippen LogP contribution in [0.2, 0.25) is 5.02 Å². The van der Waals surface area contributed by atoms with Crippen molar-refractivity contribution in [3.8, 4) is 0 Å². The Morgan fingerprint density at radius 1 is 1.00 bits per heavy atom. The molecule has 0 bridgehead atoms. The van der Waals surface area contributed by atoms with Gasteiger partial charge in [0.25, 0.3) is 0 Å². The van der Waals surface area contributed by atoms with Crippen LogP contribution in [-0.2, 0) is 26.2 Å². The lowest BCUT2D eigenvalue weighted by molar-refractivity contribution is -0.140. The maximum Gasteiger partial charge on any atom is 0.242 e. The van der Waals surface area contributed by atoms with Gasteiger partial charge in [0.2, 0.25) is 21.8 Å². The molecule has 0 fully saturated rings. The standard InChI is InChI=1S/C25H34ClN3O4S/c1-19(2)17-27-25(31)20(3)28(18-21-11-8-9-14-23(21)26)24(30)15-10-16-29(34(4,32)33)22-12-6-5-7-13-22/h5-9,11-14,19-20H,10,15-18H2,1-4H3,(H,27,31)/t20-/m0/s1. The summed E-state index contributed by atoms with van der Waals surface area (Å²) in [4.78, 5) is 27.5. The van der Waals surface area contributed by atoms with Gasteiger partial charge in [0, 0.05) is 31.1 Å². The Kier molecular flexibility index (Phi) is 10.4. The number of carbonyl (C=O) groups excluding carboxylic acids is 2. The molecule has 0 aliphatic heterocycles. The summed E-state index contributed by atoms with van der Waals surface area (Å²) in [5.74, 6) is -0.200. The number of carbonyl (C=O) groups is 2. The van der Waals surface area contributed by atoms with Crippen LogP contribution >= 0.6 is 11.6 Å². The number of amides is 2. The predicted octanol–water partition coefficient (Wildman–Crippen LogP) is 4.08. The van der Waals surface area contributed by atoms with Crippen molar-refractivity contribution in [2.24, 2.45) is 5.92 Å². The molecule has 0 spiro atoms. The molecule has 7 nitrogen and oxygen atoms in total. The minimum atomic E-state index is -3.51. The van der Waals surface area contributed by atoms with Crippen molar-refractivity contribution in [1.82, 2.24) is 10.2 Å². The second-order valence-corrected chi connectivity index (χ2v) is 11.0. The van der Waals surface area contributed by atoms with Gasteiger partial charge in [-0.25, -0.2) is 8.42 Å². The highest BCUT2D eigenvalue weighted by atomic mass is 35.5. The van der Waals surface area contributed by atoms with E-state index in [0.29, 0.717) is 23.7 Å². The highest BCUT2D eigenvalue weighted by Gasteiger charge is 2.27. The van der Waals surface area contributed by atoms with Crippen molar-refractivity contribution in [3.63, 3.8) is 0 Å². The number of rotatable bonds is 12. The van der Waals surface area contributed by atoms with Gasteiger partial charge in [-0.1, -0.05) is 61.8 Å². The Balaban J connectivity index is 2.15. The van der Waals surface area contributed by atoms with Crippen molar-refractivity contribution in [2.45, 2.75) is 46.2 Å². The van der Waals surface area contributed by atoms with Crippen molar-refractivity contribution in [1.29, 1.82) is 0 Å². The van der Waals surface area contributed by atoms with Crippen LogP contribution in [0.1, 0.15) is 39.2 Å². The summed E-state index contributed by atoms with van der Waals surface area (Å²) in [5, 5.41) is 3.40. The zero-order valence-electron chi connectivity index (χ0n) is 20.2. The smallest absolute Gasteiger partial charge is 0.242 e. The molecule has 2 aromatic rings. The van der Waals surface area contributed by atoms with Gasteiger partial charge >= 0.3 is 0 Å². The molecule has 9 heteroatoms. The average Bonchev–Trinajstić information content (AvgIpc) is 2.78. The first-order chi connectivity index (χ1) is 16.0. The lowest BCUT2D eigenvalue weighted by atomic mass is 10.1. The molecule has 34 heavy (non-hydrogen) atoms. The number of hydrogen-bond acceptors (Lipinski definition) is 4. The van der Waals surface area contributed by atoms with Crippen LogP contribution in [0.4, 0.5) is 5.69 Å². The summed E-state index contributed by atoms with van der Waals surface area (Å²) in [5.41, 5.74) is 1.29. The number of nitrogens with one attached hydrogen (secondary N) is 1. The maximum atomic E-state index is 13.2. The van der Waals surface area contributed by atoms with Crippen LogP contribution in [-0.4, -0.2) is 50.5 Å². The molecular formula is C25H34ClN3O4S. The van der Waals surface area contributed by atoms with E-state index in [1.165, 1.54) is 9.21 Å². The first-order valence-corrected chi connectivity index (χ1v) is 13.6.